The van der Waals surface area contributed by atoms with Crippen molar-refractivity contribution >= 4 is 29.6 Å². The summed E-state index contributed by atoms with van der Waals surface area (Å²) < 4.78 is 0. The van der Waals surface area contributed by atoms with Crippen molar-refractivity contribution in [1.82, 2.24) is 25.1 Å². The van der Waals surface area contributed by atoms with Crippen LogP contribution in [0.3, 0.4) is 0 Å². The first-order chi connectivity index (χ1) is 17.5. The molecule has 2 saturated heterocycles. The largest absolute Gasteiger partial charge is 0.336 e. The van der Waals surface area contributed by atoms with Crippen LogP contribution in [-0.2, 0) is 21.9 Å². The van der Waals surface area contributed by atoms with Gasteiger partial charge < -0.3 is 15.1 Å². The van der Waals surface area contributed by atoms with Crippen LogP contribution in [0.4, 0.5) is 4.79 Å². The molecule has 0 aromatic heterocycles. The lowest BCUT2D eigenvalue weighted by molar-refractivity contribution is -0.187. The van der Waals surface area contributed by atoms with Gasteiger partial charge in [-0.05, 0) is 17.5 Å². The first kappa shape index (κ1) is 26.0. The highest BCUT2D eigenvalue weighted by Crippen LogP contribution is 2.28. The van der Waals surface area contributed by atoms with Gasteiger partial charge in [0, 0.05) is 31.6 Å². The van der Waals surface area contributed by atoms with Crippen LogP contribution < -0.4 is 5.32 Å². The van der Waals surface area contributed by atoms with Crippen molar-refractivity contribution in [3.63, 3.8) is 0 Å². The van der Waals surface area contributed by atoms with Crippen molar-refractivity contribution in [2.75, 3.05) is 32.4 Å². The zero-order chi connectivity index (χ0) is 25.5. The summed E-state index contributed by atoms with van der Waals surface area (Å²) in [7, 11) is 1.75. The third-order valence-electron chi connectivity index (χ3n) is 6.61. The first-order valence-corrected chi connectivity index (χ1v) is 13.7. The molecule has 2 aromatic rings. The van der Waals surface area contributed by atoms with Crippen molar-refractivity contribution < 1.29 is 14.4 Å². The minimum atomic E-state index is -0.543. The molecule has 4 rings (SSSR count). The number of benzene rings is 2. The normalized spacial score (nSPS) is 20.4. The highest BCUT2D eigenvalue weighted by molar-refractivity contribution is 7.98. The van der Waals surface area contributed by atoms with E-state index in [0.29, 0.717) is 26.1 Å². The highest BCUT2D eigenvalue weighted by atomic mass is 32.2. The fourth-order valence-electron chi connectivity index (χ4n) is 4.85. The lowest BCUT2D eigenvalue weighted by Crippen LogP contribution is -2.76. The predicted molar refractivity (Wildman–Crippen MR) is 142 cm³/mol. The number of carbonyl (C=O) groups is 3. The average molecular weight is 510 g/mol. The van der Waals surface area contributed by atoms with Gasteiger partial charge in [0.1, 0.15) is 12.2 Å². The van der Waals surface area contributed by atoms with Gasteiger partial charge in [-0.25, -0.2) is 14.8 Å². The number of urea groups is 1. The molecule has 2 heterocycles. The van der Waals surface area contributed by atoms with Gasteiger partial charge in [-0.1, -0.05) is 74.0 Å². The third kappa shape index (κ3) is 6.02. The second kappa shape index (κ2) is 12.3. The predicted octanol–water partition coefficient (Wildman–Crippen LogP) is 3.16. The maximum absolute atomic E-state index is 13.4. The van der Waals surface area contributed by atoms with Crippen LogP contribution in [0.1, 0.15) is 30.9 Å². The summed E-state index contributed by atoms with van der Waals surface area (Å²) in [4.78, 5) is 43.4. The zero-order valence-corrected chi connectivity index (χ0v) is 21.8. The Morgan fingerprint density at radius 3 is 2.36 bits per heavy atom. The molecule has 0 bridgehead atoms. The molecule has 9 heteroatoms. The van der Waals surface area contributed by atoms with Crippen LogP contribution >= 0.6 is 11.8 Å². The Kier molecular flexibility index (Phi) is 8.88. The van der Waals surface area contributed by atoms with Crippen LogP contribution in [0.2, 0.25) is 0 Å². The summed E-state index contributed by atoms with van der Waals surface area (Å²) in [6, 6.07) is 19.2. The van der Waals surface area contributed by atoms with E-state index < -0.39 is 12.2 Å². The molecule has 8 nitrogen and oxygen atoms in total. The summed E-state index contributed by atoms with van der Waals surface area (Å²) in [6.45, 7) is 3.36. The number of rotatable bonds is 9. The van der Waals surface area contributed by atoms with Gasteiger partial charge in [-0.15, -0.1) is 0 Å². The minimum absolute atomic E-state index is 0.0176. The van der Waals surface area contributed by atoms with Gasteiger partial charge in [0.2, 0.25) is 11.8 Å². The maximum atomic E-state index is 13.4. The summed E-state index contributed by atoms with van der Waals surface area (Å²) in [5, 5.41) is 6.28. The molecular weight excluding hydrogens is 474 g/mol. The monoisotopic (exact) mass is 509 g/mol. The third-order valence-corrected chi connectivity index (χ3v) is 7.62. The number of hydrogen-bond donors (Lipinski definition) is 1. The quantitative estimate of drug-likeness (QED) is 0.526. The number of amides is 4. The summed E-state index contributed by atoms with van der Waals surface area (Å²) in [5.74, 6) is 1.54. The number of likely N-dealkylation sites (N-methyl/N-ethyl adjacent to an activating group) is 1. The van der Waals surface area contributed by atoms with E-state index in [1.54, 1.807) is 33.7 Å². The Morgan fingerprint density at radius 1 is 1.03 bits per heavy atom. The van der Waals surface area contributed by atoms with Crippen molar-refractivity contribution in [2.24, 2.45) is 0 Å². The molecule has 2 aromatic carbocycles. The Labute approximate surface area is 217 Å². The van der Waals surface area contributed by atoms with E-state index in [1.807, 2.05) is 60.4 Å². The van der Waals surface area contributed by atoms with Crippen molar-refractivity contribution in [2.45, 2.75) is 44.3 Å². The molecule has 2 fully saturated rings. The SMILES string of the molecule is CCC[C@H]1C(=O)N(CCSCc2ccccc2)C[C@H]2N1C(=O)CN(C)N2C(=O)NCc1ccccc1. The molecule has 4 amide bonds. The van der Waals surface area contributed by atoms with E-state index in [-0.39, 0.29) is 24.4 Å². The number of carbonyl (C=O) groups excluding carboxylic acids is 3. The smallest absolute Gasteiger partial charge is 0.334 e. The maximum Gasteiger partial charge on any atom is 0.334 e. The van der Waals surface area contributed by atoms with E-state index in [4.69, 9.17) is 0 Å². The van der Waals surface area contributed by atoms with Crippen LogP contribution in [0.15, 0.2) is 60.7 Å². The molecule has 192 valence electrons. The fourth-order valence-corrected chi connectivity index (χ4v) is 5.77. The van der Waals surface area contributed by atoms with E-state index in [9.17, 15) is 14.4 Å². The average Bonchev–Trinajstić information content (AvgIpc) is 2.88. The standard InChI is InChI=1S/C27H35N5O3S/c1-3-10-23-26(34)30(15-16-36-20-22-13-8-5-9-14-22)18-24-31(23)25(33)19-29(2)32(24)27(35)28-17-21-11-6-4-7-12-21/h4-9,11-14,23-24H,3,10,15-20H2,1-2H3,(H,28,35)/t23-,24-/m0/s1. The number of nitrogens with zero attached hydrogens (tertiary/aromatic N) is 4. The van der Waals surface area contributed by atoms with E-state index >= 15 is 0 Å². The highest BCUT2D eigenvalue weighted by Gasteiger charge is 2.50. The molecule has 2 atom stereocenters. The van der Waals surface area contributed by atoms with Gasteiger partial charge in [-0.2, -0.15) is 11.8 Å². The van der Waals surface area contributed by atoms with E-state index in [2.05, 4.69) is 17.4 Å². The summed E-state index contributed by atoms with van der Waals surface area (Å²) in [5.41, 5.74) is 2.25. The molecule has 2 aliphatic heterocycles. The van der Waals surface area contributed by atoms with Crippen LogP contribution in [0.25, 0.3) is 0 Å². The van der Waals surface area contributed by atoms with Crippen molar-refractivity contribution in [3.05, 3.63) is 71.8 Å². The lowest BCUT2D eigenvalue weighted by atomic mass is 10.0. The zero-order valence-electron chi connectivity index (χ0n) is 21.0. The molecule has 0 radical (unpaired) electrons. The molecule has 36 heavy (non-hydrogen) atoms. The Bertz CT molecular complexity index is 1040. The topological polar surface area (TPSA) is 76.2 Å². The molecule has 0 saturated carbocycles. The lowest BCUT2D eigenvalue weighted by Gasteiger charge is -2.54. The van der Waals surface area contributed by atoms with E-state index in [1.165, 1.54) is 5.56 Å². The Morgan fingerprint density at radius 2 is 1.69 bits per heavy atom. The number of nitrogens with one attached hydrogen (secondary N) is 1. The van der Waals surface area contributed by atoms with Crippen molar-refractivity contribution in [1.29, 1.82) is 0 Å². The summed E-state index contributed by atoms with van der Waals surface area (Å²) >= 11 is 1.78. The number of thioether (sulfide) groups is 1. The van der Waals surface area contributed by atoms with Gasteiger partial charge >= 0.3 is 6.03 Å². The Hall–Kier alpha value is -3.04. The molecule has 0 spiro atoms. The Balaban J connectivity index is 1.46. The fraction of sp³-hybridized carbons (Fsp3) is 0.444. The number of fused-ring (bicyclic) bond motifs is 1. The molecule has 2 aliphatic rings. The molecular formula is C27H35N5O3S. The number of hydrogen-bond acceptors (Lipinski definition) is 5. The van der Waals surface area contributed by atoms with Crippen LogP contribution in [-0.4, -0.2) is 82.3 Å². The van der Waals surface area contributed by atoms with Gasteiger partial charge in [-0.3, -0.25) is 9.59 Å². The molecule has 0 aliphatic carbocycles. The second-order valence-corrected chi connectivity index (χ2v) is 10.3. The number of piperazine rings is 1. The van der Waals surface area contributed by atoms with Gasteiger partial charge in [0.25, 0.3) is 0 Å². The van der Waals surface area contributed by atoms with Crippen LogP contribution in [0, 0.1) is 0 Å². The molecule has 1 N–H and O–H groups in total. The summed E-state index contributed by atoms with van der Waals surface area (Å²) in [6.07, 6.45) is 0.831. The van der Waals surface area contributed by atoms with Gasteiger partial charge in [0.15, 0.2) is 0 Å². The number of hydrazine groups is 1. The molecule has 0 unspecified atom stereocenters. The van der Waals surface area contributed by atoms with Crippen LogP contribution in [0.5, 0.6) is 0 Å². The minimum Gasteiger partial charge on any atom is -0.336 e. The van der Waals surface area contributed by atoms with Gasteiger partial charge in [0.05, 0.1) is 13.1 Å². The van der Waals surface area contributed by atoms with E-state index in [0.717, 1.165) is 23.5 Å². The van der Waals surface area contributed by atoms with Crippen molar-refractivity contribution in [3.8, 4) is 0 Å². The first-order valence-electron chi connectivity index (χ1n) is 12.5. The second-order valence-electron chi connectivity index (χ2n) is 9.21.